The quantitative estimate of drug-likeness (QED) is 0.805. The van der Waals surface area contributed by atoms with E-state index in [9.17, 15) is 4.79 Å². The molecule has 0 aromatic carbocycles. The average molecular weight is 294 g/mol. The van der Waals surface area contributed by atoms with E-state index in [4.69, 9.17) is 0 Å². The zero-order chi connectivity index (χ0) is 13.6. The molecule has 3 atom stereocenters. The lowest BCUT2D eigenvalue weighted by Gasteiger charge is -2.44. The second-order valence-electron chi connectivity index (χ2n) is 7.16. The Kier molecular flexibility index (Phi) is 3.50. The summed E-state index contributed by atoms with van der Waals surface area (Å²) in [6, 6.07) is 0.564. The molecule has 1 spiro atoms. The van der Waals surface area contributed by atoms with Crippen LogP contribution in [0.4, 0.5) is 0 Å². The molecule has 2 aliphatic carbocycles. The predicted molar refractivity (Wildman–Crippen MR) is 82.9 cm³/mol. The molecule has 4 rings (SSSR count). The van der Waals surface area contributed by atoms with Gasteiger partial charge in [0, 0.05) is 29.5 Å². The van der Waals surface area contributed by atoms with Crippen molar-refractivity contribution in [2.24, 2.45) is 11.3 Å². The minimum atomic E-state index is 0.371. The Balaban J connectivity index is 1.45. The number of piperidine rings is 1. The summed E-state index contributed by atoms with van der Waals surface area (Å²) in [6.07, 6.45) is 8.90. The highest BCUT2D eigenvalue weighted by molar-refractivity contribution is 8.00. The third-order valence-electron chi connectivity index (χ3n) is 6.10. The number of amides is 1. The van der Waals surface area contributed by atoms with Gasteiger partial charge in [-0.25, -0.2) is 0 Å². The van der Waals surface area contributed by atoms with Crippen LogP contribution in [0.25, 0.3) is 0 Å². The summed E-state index contributed by atoms with van der Waals surface area (Å²) in [5.74, 6) is 2.05. The van der Waals surface area contributed by atoms with Crippen molar-refractivity contribution < 1.29 is 4.79 Å². The molecule has 4 fully saturated rings. The van der Waals surface area contributed by atoms with E-state index in [1.165, 1.54) is 44.9 Å². The van der Waals surface area contributed by atoms with Gasteiger partial charge in [0.1, 0.15) is 0 Å². The fourth-order valence-electron chi connectivity index (χ4n) is 4.74. The molecule has 2 heterocycles. The average Bonchev–Trinajstić information content (AvgIpc) is 3.20. The maximum absolute atomic E-state index is 13.0. The number of carbonyl (C=O) groups is 1. The van der Waals surface area contributed by atoms with Gasteiger partial charge >= 0.3 is 0 Å². The molecule has 3 nitrogen and oxygen atoms in total. The molecule has 1 amide bonds. The number of hydrogen-bond donors (Lipinski definition) is 1. The third-order valence-corrected chi connectivity index (χ3v) is 7.50. The zero-order valence-electron chi connectivity index (χ0n) is 12.3. The first kappa shape index (κ1) is 13.4. The van der Waals surface area contributed by atoms with Crippen molar-refractivity contribution in [1.82, 2.24) is 10.2 Å². The van der Waals surface area contributed by atoms with Crippen molar-refractivity contribution >= 4 is 17.7 Å². The fourth-order valence-corrected chi connectivity index (χ4v) is 6.19. The molecule has 0 aromatic heterocycles. The smallest absolute Gasteiger partial charge is 0.226 e. The molecule has 4 aliphatic rings. The number of hydrogen-bond acceptors (Lipinski definition) is 3. The summed E-state index contributed by atoms with van der Waals surface area (Å²) in [5, 5.41) is 4.18. The molecule has 20 heavy (non-hydrogen) atoms. The number of fused-ring (bicyclic) bond motifs is 1. The highest BCUT2D eigenvalue weighted by Gasteiger charge is 2.59. The SMILES string of the molecule is O=C(C1CC12CCNCC2)N1CCSC2CCCCC21. The lowest BCUT2D eigenvalue weighted by atomic mass is 9.90. The minimum Gasteiger partial charge on any atom is -0.338 e. The highest BCUT2D eigenvalue weighted by atomic mass is 32.2. The van der Waals surface area contributed by atoms with Gasteiger partial charge in [0.15, 0.2) is 0 Å². The second-order valence-corrected chi connectivity index (χ2v) is 8.51. The number of rotatable bonds is 1. The van der Waals surface area contributed by atoms with E-state index in [-0.39, 0.29) is 0 Å². The van der Waals surface area contributed by atoms with Crippen LogP contribution < -0.4 is 5.32 Å². The molecular weight excluding hydrogens is 268 g/mol. The highest BCUT2D eigenvalue weighted by Crippen LogP contribution is 2.59. The van der Waals surface area contributed by atoms with Crippen LogP contribution in [0, 0.1) is 11.3 Å². The largest absolute Gasteiger partial charge is 0.338 e. The molecular formula is C16H26N2OS. The summed E-state index contributed by atoms with van der Waals surface area (Å²) >= 11 is 2.12. The van der Waals surface area contributed by atoms with Crippen LogP contribution in [0.3, 0.4) is 0 Å². The Morgan fingerprint density at radius 1 is 1.20 bits per heavy atom. The zero-order valence-corrected chi connectivity index (χ0v) is 13.1. The molecule has 112 valence electrons. The van der Waals surface area contributed by atoms with Crippen molar-refractivity contribution in [3.05, 3.63) is 0 Å². The van der Waals surface area contributed by atoms with Gasteiger partial charge in [0.25, 0.3) is 0 Å². The van der Waals surface area contributed by atoms with E-state index in [0.29, 0.717) is 23.3 Å². The standard InChI is InChI=1S/C16H26N2OS/c19-15(12-11-16(12)5-7-17-8-6-16)18-9-10-20-14-4-2-1-3-13(14)18/h12-14,17H,1-11H2. The monoisotopic (exact) mass is 294 g/mol. The topological polar surface area (TPSA) is 32.3 Å². The van der Waals surface area contributed by atoms with Gasteiger partial charge in [-0.05, 0) is 50.6 Å². The third kappa shape index (κ3) is 2.19. The first-order valence-electron chi connectivity index (χ1n) is 8.43. The lowest BCUT2D eigenvalue weighted by molar-refractivity contribution is -0.136. The molecule has 0 radical (unpaired) electrons. The molecule has 0 aromatic rings. The summed E-state index contributed by atoms with van der Waals surface area (Å²) in [6.45, 7) is 3.24. The van der Waals surface area contributed by atoms with Crippen LogP contribution in [0.1, 0.15) is 44.9 Å². The van der Waals surface area contributed by atoms with Crippen LogP contribution in [0.15, 0.2) is 0 Å². The van der Waals surface area contributed by atoms with Crippen LogP contribution >= 0.6 is 11.8 Å². The summed E-state index contributed by atoms with van der Waals surface area (Å²) < 4.78 is 0. The van der Waals surface area contributed by atoms with Gasteiger partial charge in [0.2, 0.25) is 5.91 Å². The number of nitrogens with one attached hydrogen (secondary N) is 1. The number of carbonyl (C=O) groups excluding carboxylic acids is 1. The molecule has 3 unspecified atom stereocenters. The van der Waals surface area contributed by atoms with Gasteiger partial charge in [-0.2, -0.15) is 11.8 Å². The van der Waals surface area contributed by atoms with Crippen LogP contribution in [-0.4, -0.2) is 47.5 Å². The van der Waals surface area contributed by atoms with Gasteiger partial charge in [-0.1, -0.05) is 12.8 Å². The first-order valence-corrected chi connectivity index (χ1v) is 9.48. The normalized spacial score (nSPS) is 39.4. The maximum Gasteiger partial charge on any atom is 0.226 e. The summed E-state index contributed by atoms with van der Waals surface area (Å²) in [4.78, 5) is 15.3. The van der Waals surface area contributed by atoms with Crippen LogP contribution in [-0.2, 0) is 4.79 Å². The predicted octanol–water partition coefficient (Wildman–Crippen LogP) is 2.26. The Bertz CT molecular complexity index is 392. The number of nitrogens with zero attached hydrogens (tertiary/aromatic N) is 1. The maximum atomic E-state index is 13.0. The second kappa shape index (κ2) is 5.20. The molecule has 2 saturated heterocycles. The summed E-state index contributed by atoms with van der Waals surface area (Å²) in [5.41, 5.74) is 0.400. The fraction of sp³-hybridized carbons (Fsp3) is 0.938. The van der Waals surface area contributed by atoms with Gasteiger partial charge in [-0.15, -0.1) is 0 Å². The van der Waals surface area contributed by atoms with E-state index < -0.39 is 0 Å². The molecule has 1 N–H and O–H groups in total. The van der Waals surface area contributed by atoms with E-state index in [1.807, 2.05) is 0 Å². The van der Waals surface area contributed by atoms with Crippen molar-refractivity contribution in [2.75, 3.05) is 25.4 Å². The Labute approximate surface area is 126 Å². The van der Waals surface area contributed by atoms with E-state index in [2.05, 4.69) is 22.0 Å². The van der Waals surface area contributed by atoms with Gasteiger partial charge in [0.05, 0.1) is 0 Å². The van der Waals surface area contributed by atoms with Gasteiger partial charge < -0.3 is 10.2 Å². The molecule has 4 heteroatoms. The Morgan fingerprint density at radius 2 is 2.00 bits per heavy atom. The van der Waals surface area contributed by atoms with Crippen molar-refractivity contribution in [3.63, 3.8) is 0 Å². The number of thioether (sulfide) groups is 1. The van der Waals surface area contributed by atoms with Crippen LogP contribution in [0.2, 0.25) is 0 Å². The summed E-state index contributed by atoms with van der Waals surface area (Å²) in [7, 11) is 0. The van der Waals surface area contributed by atoms with E-state index in [0.717, 1.165) is 30.6 Å². The van der Waals surface area contributed by atoms with Crippen LogP contribution in [0.5, 0.6) is 0 Å². The minimum absolute atomic E-state index is 0.371. The molecule has 0 bridgehead atoms. The molecule has 2 saturated carbocycles. The van der Waals surface area contributed by atoms with E-state index in [1.54, 1.807) is 0 Å². The van der Waals surface area contributed by atoms with Crippen molar-refractivity contribution in [1.29, 1.82) is 0 Å². The lowest BCUT2D eigenvalue weighted by Crippen LogP contribution is -2.52. The Hall–Kier alpha value is -0.220. The molecule has 2 aliphatic heterocycles. The van der Waals surface area contributed by atoms with Gasteiger partial charge in [-0.3, -0.25) is 4.79 Å². The van der Waals surface area contributed by atoms with Crippen molar-refractivity contribution in [2.45, 2.75) is 56.2 Å². The van der Waals surface area contributed by atoms with Crippen molar-refractivity contribution in [3.8, 4) is 0 Å². The first-order chi connectivity index (χ1) is 9.80. The Morgan fingerprint density at radius 3 is 2.85 bits per heavy atom. The van der Waals surface area contributed by atoms with E-state index >= 15 is 0 Å².